The first-order chi connectivity index (χ1) is 11.8. The molecule has 0 fully saturated rings. The van der Waals surface area contributed by atoms with Crippen LogP contribution in [0.4, 0.5) is 14.6 Å². The van der Waals surface area contributed by atoms with E-state index in [1.807, 2.05) is 0 Å². The lowest BCUT2D eigenvalue weighted by atomic mass is 10.1. The average molecular weight is 351 g/mol. The van der Waals surface area contributed by atoms with Gasteiger partial charge < -0.3 is 20.2 Å². The highest BCUT2D eigenvalue weighted by molar-refractivity contribution is 5.78. The van der Waals surface area contributed by atoms with Gasteiger partial charge in [0.1, 0.15) is 17.3 Å². The second-order valence-corrected chi connectivity index (χ2v) is 5.28. The third-order valence-electron chi connectivity index (χ3n) is 3.32. The van der Waals surface area contributed by atoms with E-state index in [1.165, 1.54) is 25.1 Å². The van der Waals surface area contributed by atoms with Crippen molar-refractivity contribution >= 4 is 11.7 Å². The molecule has 2 rings (SSSR count). The lowest BCUT2D eigenvalue weighted by Crippen LogP contribution is -2.31. The molecule has 25 heavy (non-hydrogen) atoms. The Bertz CT molecular complexity index is 814. The Morgan fingerprint density at radius 1 is 1.36 bits per heavy atom. The van der Waals surface area contributed by atoms with E-state index in [2.05, 4.69) is 10.3 Å². The third-order valence-corrected chi connectivity index (χ3v) is 3.32. The van der Waals surface area contributed by atoms with E-state index in [0.29, 0.717) is 5.69 Å². The predicted octanol–water partition coefficient (Wildman–Crippen LogP) is 2.83. The van der Waals surface area contributed by atoms with Crippen LogP contribution in [0.2, 0.25) is 0 Å². The Morgan fingerprint density at radius 3 is 2.72 bits per heavy atom. The molecule has 1 atom stereocenters. The number of nitrogens with zero attached hydrogens (tertiary/aromatic N) is 2. The molecular formula is C16H15F2N3O4. The van der Waals surface area contributed by atoms with Crippen LogP contribution in [0.15, 0.2) is 30.3 Å². The maximum atomic E-state index is 13.7. The lowest BCUT2D eigenvalue weighted by Gasteiger charge is -2.15. The highest BCUT2D eigenvalue weighted by atomic mass is 19.1. The summed E-state index contributed by atoms with van der Waals surface area (Å²) in [4.78, 5) is 25.9. The van der Waals surface area contributed by atoms with Gasteiger partial charge >= 0.3 is 5.82 Å². The van der Waals surface area contributed by atoms with Gasteiger partial charge in [0.05, 0.1) is 6.04 Å². The zero-order chi connectivity index (χ0) is 18.6. The summed E-state index contributed by atoms with van der Waals surface area (Å²) in [6, 6.07) is 5.15. The maximum Gasteiger partial charge on any atom is 0.406 e. The van der Waals surface area contributed by atoms with Gasteiger partial charge in [-0.05, 0) is 35.0 Å². The Morgan fingerprint density at radius 2 is 2.08 bits per heavy atom. The smallest absolute Gasteiger partial charge is 0.406 e. The van der Waals surface area contributed by atoms with Gasteiger partial charge in [-0.1, -0.05) is 6.07 Å². The lowest BCUT2D eigenvalue weighted by molar-refractivity contribution is -0.390. The fourth-order valence-electron chi connectivity index (χ4n) is 2.13. The molecule has 132 valence electrons. The number of benzene rings is 1. The summed E-state index contributed by atoms with van der Waals surface area (Å²) in [5.41, 5.74) is 0.543. The van der Waals surface area contributed by atoms with Gasteiger partial charge in [-0.3, -0.25) is 4.79 Å². The van der Waals surface area contributed by atoms with Crippen molar-refractivity contribution in [1.82, 2.24) is 10.3 Å². The van der Waals surface area contributed by atoms with Crippen molar-refractivity contribution in [3.8, 4) is 5.75 Å². The fraction of sp³-hybridized carbons (Fsp3) is 0.250. The Kier molecular flexibility index (Phi) is 5.58. The van der Waals surface area contributed by atoms with Gasteiger partial charge in [0.15, 0.2) is 6.61 Å². The standard InChI is InChI=1S/C16H15F2N3O4/c1-9-3-6-14(16(19-9)21(23)24)25-8-15(22)20-10(2)12-5-4-11(17)7-13(12)18/h3-7,10H,8H2,1-2H3,(H,20,22)/t10-/m1/s1. The molecule has 0 aliphatic carbocycles. The number of carbonyl (C=O) groups is 1. The van der Waals surface area contributed by atoms with Crippen LogP contribution in [0.25, 0.3) is 0 Å². The van der Waals surface area contributed by atoms with Crippen LogP contribution in [-0.4, -0.2) is 22.4 Å². The largest absolute Gasteiger partial charge is 0.476 e. The number of hydrogen-bond acceptors (Lipinski definition) is 5. The molecule has 0 spiro atoms. The van der Waals surface area contributed by atoms with Gasteiger partial charge in [0, 0.05) is 18.6 Å². The average Bonchev–Trinajstić information content (AvgIpc) is 2.53. The van der Waals surface area contributed by atoms with Crippen LogP contribution in [0.3, 0.4) is 0 Å². The molecule has 2 aromatic rings. The van der Waals surface area contributed by atoms with Crippen LogP contribution in [-0.2, 0) is 4.79 Å². The van der Waals surface area contributed by atoms with Crippen molar-refractivity contribution in [3.63, 3.8) is 0 Å². The van der Waals surface area contributed by atoms with E-state index in [4.69, 9.17) is 4.74 Å². The van der Waals surface area contributed by atoms with E-state index in [9.17, 15) is 23.7 Å². The van der Waals surface area contributed by atoms with Crippen molar-refractivity contribution in [2.24, 2.45) is 0 Å². The van der Waals surface area contributed by atoms with Gasteiger partial charge in [-0.15, -0.1) is 0 Å². The van der Waals surface area contributed by atoms with Crippen LogP contribution in [0.1, 0.15) is 24.2 Å². The van der Waals surface area contributed by atoms with E-state index >= 15 is 0 Å². The van der Waals surface area contributed by atoms with E-state index < -0.39 is 40.9 Å². The predicted molar refractivity (Wildman–Crippen MR) is 84.0 cm³/mol. The Hall–Kier alpha value is -3.10. The summed E-state index contributed by atoms with van der Waals surface area (Å²) in [6.45, 7) is 2.59. The number of rotatable bonds is 6. The molecule has 1 aromatic carbocycles. The zero-order valence-corrected chi connectivity index (χ0v) is 13.5. The van der Waals surface area contributed by atoms with Crippen LogP contribution < -0.4 is 10.1 Å². The normalized spacial score (nSPS) is 11.7. The molecule has 0 saturated carbocycles. The molecule has 1 amide bonds. The summed E-state index contributed by atoms with van der Waals surface area (Å²) < 4.78 is 31.7. The third kappa shape index (κ3) is 4.69. The van der Waals surface area contributed by atoms with Gasteiger partial charge in [0.25, 0.3) is 5.91 Å². The molecule has 9 heteroatoms. The second-order valence-electron chi connectivity index (χ2n) is 5.28. The first-order valence-corrected chi connectivity index (χ1v) is 7.27. The van der Waals surface area contributed by atoms with Crippen molar-refractivity contribution in [3.05, 3.63) is 63.3 Å². The Labute approximate surface area is 141 Å². The molecule has 0 saturated heterocycles. The maximum absolute atomic E-state index is 13.7. The molecule has 7 nitrogen and oxygen atoms in total. The number of ether oxygens (including phenoxy) is 1. The molecule has 1 aromatic heterocycles. The molecule has 1 heterocycles. The molecule has 0 aliphatic heterocycles. The minimum Gasteiger partial charge on any atom is -0.476 e. The minimum absolute atomic E-state index is 0.109. The quantitative estimate of drug-likeness (QED) is 0.638. The number of hydrogen-bond donors (Lipinski definition) is 1. The number of pyridine rings is 1. The molecule has 0 aliphatic rings. The first-order valence-electron chi connectivity index (χ1n) is 7.27. The number of halogens is 2. The number of amides is 1. The number of carbonyl (C=O) groups excluding carboxylic acids is 1. The van der Waals surface area contributed by atoms with Crippen LogP contribution >= 0.6 is 0 Å². The second kappa shape index (κ2) is 7.65. The van der Waals surface area contributed by atoms with E-state index in [1.54, 1.807) is 6.92 Å². The van der Waals surface area contributed by atoms with Crippen molar-refractivity contribution in [2.75, 3.05) is 6.61 Å². The highest BCUT2D eigenvalue weighted by Gasteiger charge is 2.19. The van der Waals surface area contributed by atoms with E-state index in [0.717, 1.165) is 12.1 Å². The number of aromatic nitrogens is 1. The molecule has 1 N–H and O–H groups in total. The first kappa shape index (κ1) is 18.2. The molecular weight excluding hydrogens is 336 g/mol. The number of nitro groups is 1. The fourth-order valence-corrected chi connectivity index (χ4v) is 2.13. The van der Waals surface area contributed by atoms with Gasteiger partial charge in [-0.2, -0.15) is 0 Å². The molecule has 0 bridgehead atoms. The number of nitrogens with one attached hydrogen (secondary N) is 1. The van der Waals surface area contributed by atoms with Crippen LogP contribution in [0.5, 0.6) is 5.75 Å². The summed E-state index contributed by atoms with van der Waals surface area (Å²) in [6.07, 6.45) is 0. The Balaban J connectivity index is 2.00. The monoisotopic (exact) mass is 351 g/mol. The SMILES string of the molecule is Cc1ccc(OCC(=O)N[C@H](C)c2ccc(F)cc2F)c([N+](=O)[O-])n1. The van der Waals surface area contributed by atoms with Gasteiger partial charge in [-0.25, -0.2) is 8.78 Å². The highest BCUT2D eigenvalue weighted by Crippen LogP contribution is 2.24. The summed E-state index contributed by atoms with van der Waals surface area (Å²) >= 11 is 0. The van der Waals surface area contributed by atoms with E-state index in [-0.39, 0.29) is 11.3 Å². The number of aryl methyl sites for hydroxylation is 1. The molecule has 0 unspecified atom stereocenters. The molecule has 0 radical (unpaired) electrons. The van der Waals surface area contributed by atoms with Crippen molar-refractivity contribution < 1.29 is 23.2 Å². The van der Waals surface area contributed by atoms with Crippen molar-refractivity contribution in [1.29, 1.82) is 0 Å². The van der Waals surface area contributed by atoms with Gasteiger partial charge in [0.2, 0.25) is 5.75 Å². The van der Waals surface area contributed by atoms with Crippen LogP contribution in [0, 0.1) is 28.7 Å². The van der Waals surface area contributed by atoms with Crippen molar-refractivity contribution in [2.45, 2.75) is 19.9 Å². The summed E-state index contributed by atoms with van der Waals surface area (Å²) in [5.74, 6) is -2.77. The zero-order valence-electron chi connectivity index (χ0n) is 13.5. The summed E-state index contributed by atoms with van der Waals surface area (Å²) in [5, 5.41) is 13.4. The summed E-state index contributed by atoms with van der Waals surface area (Å²) in [7, 11) is 0. The minimum atomic E-state index is -0.785. The topological polar surface area (TPSA) is 94.4 Å².